The molecule has 1 fully saturated rings. The Kier molecular flexibility index (Phi) is 5.67. The molecule has 0 aromatic heterocycles. The number of hydrogen-bond acceptors (Lipinski definition) is 5. The number of hydrogen-bond donors (Lipinski definition) is 0. The van der Waals surface area contributed by atoms with Crippen LogP contribution in [-0.4, -0.2) is 62.4 Å². The van der Waals surface area contributed by atoms with Gasteiger partial charge in [-0.25, -0.2) is 0 Å². The molecule has 0 radical (unpaired) electrons. The van der Waals surface area contributed by atoms with Gasteiger partial charge >= 0.3 is 0 Å². The fourth-order valence-corrected chi connectivity index (χ4v) is 5.08. The Labute approximate surface area is 171 Å². The second kappa shape index (κ2) is 8.35. The molecule has 0 saturated carbocycles. The van der Waals surface area contributed by atoms with Gasteiger partial charge in [-0.15, -0.1) is 11.8 Å². The zero-order valence-corrected chi connectivity index (χ0v) is 17.3. The van der Waals surface area contributed by atoms with E-state index in [0.29, 0.717) is 11.8 Å². The lowest BCUT2D eigenvalue weighted by molar-refractivity contribution is -0.130. The molecular formula is C22H27N3O2S. The minimum atomic E-state index is 0.221. The first kappa shape index (κ1) is 19.0. The molecule has 5 nitrogen and oxygen atoms in total. The number of piperazine rings is 1. The summed E-state index contributed by atoms with van der Waals surface area (Å²) < 4.78 is 5.33. The highest BCUT2D eigenvalue weighted by molar-refractivity contribution is 8.00. The predicted octanol–water partition coefficient (Wildman–Crippen LogP) is 3.34. The van der Waals surface area contributed by atoms with Gasteiger partial charge in [-0.1, -0.05) is 25.1 Å². The maximum absolute atomic E-state index is 13.0. The summed E-state index contributed by atoms with van der Waals surface area (Å²) in [6.07, 6.45) is 0. The highest BCUT2D eigenvalue weighted by Crippen LogP contribution is 2.38. The summed E-state index contributed by atoms with van der Waals surface area (Å²) in [5.74, 6) is 1.09. The third-order valence-corrected chi connectivity index (χ3v) is 6.54. The standard InChI is InChI=1S/C22H27N3O2S/c1-17-15-25(20-8-3-4-9-21(20)28-17)16-22(26)24-12-10-23(11-13-24)18-6-5-7-19(14-18)27-2/h3-9,14,17H,10-13,15-16H2,1-2H3/t17-/m1/s1. The average Bonchev–Trinajstić information content (AvgIpc) is 2.73. The van der Waals surface area contributed by atoms with Crippen LogP contribution in [0.3, 0.4) is 0 Å². The fourth-order valence-electron chi connectivity index (χ4n) is 3.92. The van der Waals surface area contributed by atoms with Crippen molar-refractivity contribution in [3.8, 4) is 5.75 Å². The van der Waals surface area contributed by atoms with Crippen LogP contribution in [0.5, 0.6) is 5.75 Å². The molecule has 0 unspecified atom stereocenters. The van der Waals surface area contributed by atoms with E-state index in [4.69, 9.17) is 4.74 Å². The first-order valence-electron chi connectivity index (χ1n) is 9.81. The molecule has 4 rings (SSSR count). The Morgan fingerprint density at radius 2 is 1.89 bits per heavy atom. The Morgan fingerprint density at radius 3 is 2.68 bits per heavy atom. The Bertz CT molecular complexity index is 836. The number of thioether (sulfide) groups is 1. The molecule has 1 amide bonds. The number of ether oxygens (including phenoxy) is 1. The number of benzene rings is 2. The molecule has 0 aliphatic carbocycles. The fraction of sp³-hybridized carbons (Fsp3) is 0.409. The van der Waals surface area contributed by atoms with Crippen molar-refractivity contribution in [1.29, 1.82) is 0 Å². The third kappa shape index (κ3) is 4.07. The van der Waals surface area contributed by atoms with Gasteiger partial charge in [0.25, 0.3) is 0 Å². The number of amides is 1. The van der Waals surface area contributed by atoms with Gasteiger partial charge in [-0.3, -0.25) is 4.79 Å². The molecule has 2 aliphatic heterocycles. The van der Waals surface area contributed by atoms with Gasteiger partial charge in [0.2, 0.25) is 5.91 Å². The molecule has 2 aromatic carbocycles. The van der Waals surface area contributed by atoms with E-state index in [1.807, 2.05) is 28.8 Å². The summed E-state index contributed by atoms with van der Waals surface area (Å²) in [6.45, 7) is 6.82. The van der Waals surface area contributed by atoms with Crippen molar-refractivity contribution >= 4 is 29.0 Å². The van der Waals surface area contributed by atoms with Gasteiger partial charge in [0.05, 0.1) is 19.3 Å². The number of methoxy groups -OCH3 is 1. The van der Waals surface area contributed by atoms with Crippen LogP contribution >= 0.6 is 11.8 Å². The maximum atomic E-state index is 13.0. The zero-order valence-electron chi connectivity index (χ0n) is 16.5. The van der Waals surface area contributed by atoms with Crippen molar-refractivity contribution in [1.82, 2.24) is 4.90 Å². The monoisotopic (exact) mass is 397 g/mol. The van der Waals surface area contributed by atoms with Crippen molar-refractivity contribution in [3.63, 3.8) is 0 Å². The predicted molar refractivity (Wildman–Crippen MR) is 116 cm³/mol. The van der Waals surface area contributed by atoms with E-state index < -0.39 is 0 Å². The van der Waals surface area contributed by atoms with E-state index in [-0.39, 0.29) is 5.91 Å². The summed E-state index contributed by atoms with van der Waals surface area (Å²) in [4.78, 5) is 20.8. The number of carbonyl (C=O) groups is 1. The number of nitrogens with zero attached hydrogens (tertiary/aromatic N) is 3. The molecule has 2 heterocycles. The van der Waals surface area contributed by atoms with Crippen molar-refractivity contribution in [2.24, 2.45) is 0 Å². The molecule has 28 heavy (non-hydrogen) atoms. The largest absolute Gasteiger partial charge is 0.497 e. The summed E-state index contributed by atoms with van der Waals surface area (Å²) >= 11 is 1.90. The van der Waals surface area contributed by atoms with E-state index in [9.17, 15) is 4.79 Å². The quantitative estimate of drug-likeness (QED) is 0.791. The first-order chi connectivity index (χ1) is 13.6. The van der Waals surface area contributed by atoms with Crippen LogP contribution in [0.1, 0.15) is 6.92 Å². The lowest BCUT2D eigenvalue weighted by Crippen LogP contribution is -2.52. The molecule has 0 bridgehead atoms. The highest BCUT2D eigenvalue weighted by Gasteiger charge is 2.27. The van der Waals surface area contributed by atoms with Gasteiger partial charge in [0.15, 0.2) is 0 Å². The maximum Gasteiger partial charge on any atom is 0.242 e. The molecular weight excluding hydrogens is 370 g/mol. The number of carbonyl (C=O) groups excluding carboxylic acids is 1. The molecule has 6 heteroatoms. The third-order valence-electron chi connectivity index (χ3n) is 5.39. The second-order valence-electron chi connectivity index (χ2n) is 7.35. The van der Waals surface area contributed by atoms with E-state index >= 15 is 0 Å². The minimum absolute atomic E-state index is 0.221. The zero-order chi connectivity index (χ0) is 19.5. The van der Waals surface area contributed by atoms with E-state index in [0.717, 1.165) is 44.2 Å². The normalized spacial score (nSPS) is 19.4. The molecule has 0 spiro atoms. The Hall–Kier alpha value is -2.34. The molecule has 2 aliphatic rings. The lowest BCUT2D eigenvalue weighted by Gasteiger charge is -2.39. The first-order valence-corrected chi connectivity index (χ1v) is 10.7. The topological polar surface area (TPSA) is 36.0 Å². The van der Waals surface area contributed by atoms with Gasteiger partial charge in [0, 0.05) is 54.6 Å². The molecule has 0 N–H and O–H groups in total. The molecule has 2 aromatic rings. The van der Waals surface area contributed by atoms with Crippen LogP contribution in [0.25, 0.3) is 0 Å². The lowest BCUT2D eigenvalue weighted by atomic mass is 10.2. The Morgan fingerprint density at radius 1 is 1.11 bits per heavy atom. The van der Waals surface area contributed by atoms with Crippen LogP contribution in [0.4, 0.5) is 11.4 Å². The van der Waals surface area contributed by atoms with Crippen molar-refractivity contribution in [2.75, 3.05) is 56.2 Å². The van der Waals surface area contributed by atoms with Crippen LogP contribution in [0.15, 0.2) is 53.4 Å². The number of fused-ring (bicyclic) bond motifs is 1. The van der Waals surface area contributed by atoms with Crippen molar-refractivity contribution < 1.29 is 9.53 Å². The van der Waals surface area contributed by atoms with Crippen molar-refractivity contribution in [3.05, 3.63) is 48.5 Å². The van der Waals surface area contributed by atoms with Crippen LogP contribution < -0.4 is 14.5 Å². The molecule has 1 atom stereocenters. The second-order valence-corrected chi connectivity index (χ2v) is 8.83. The van der Waals surface area contributed by atoms with E-state index in [2.05, 4.69) is 53.1 Å². The smallest absolute Gasteiger partial charge is 0.242 e. The van der Waals surface area contributed by atoms with Gasteiger partial charge < -0.3 is 19.4 Å². The van der Waals surface area contributed by atoms with Crippen LogP contribution in [0, 0.1) is 0 Å². The SMILES string of the molecule is COc1cccc(N2CCN(C(=O)CN3C[C@@H](C)Sc4ccccc43)CC2)c1. The van der Waals surface area contributed by atoms with Gasteiger partial charge in [-0.05, 0) is 24.3 Å². The summed E-state index contributed by atoms with van der Waals surface area (Å²) in [5, 5.41) is 0.493. The van der Waals surface area contributed by atoms with Crippen LogP contribution in [0.2, 0.25) is 0 Å². The number of para-hydroxylation sites is 1. The summed E-state index contributed by atoms with van der Waals surface area (Å²) in [7, 11) is 1.69. The van der Waals surface area contributed by atoms with Crippen LogP contribution in [-0.2, 0) is 4.79 Å². The molecule has 1 saturated heterocycles. The van der Waals surface area contributed by atoms with Crippen molar-refractivity contribution in [2.45, 2.75) is 17.1 Å². The summed E-state index contributed by atoms with van der Waals surface area (Å²) in [6, 6.07) is 16.5. The Balaban J connectivity index is 1.37. The van der Waals surface area contributed by atoms with E-state index in [1.54, 1.807) is 7.11 Å². The van der Waals surface area contributed by atoms with Gasteiger partial charge in [0.1, 0.15) is 5.75 Å². The molecule has 148 valence electrons. The number of anilines is 2. The minimum Gasteiger partial charge on any atom is -0.497 e. The van der Waals surface area contributed by atoms with E-state index in [1.165, 1.54) is 10.6 Å². The highest BCUT2D eigenvalue weighted by atomic mass is 32.2. The number of rotatable bonds is 4. The average molecular weight is 398 g/mol. The van der Waals surface area contributed by atoms with Gasteiger partial charge in [-0.2, -0.15) is 0 Å². The summed E-state index contributed by atoms with van der Waals surface area (Å²) in [5.41, 5.74) is 2.34.